The van der Waals surface area contributed by atoms with Gasteiger partial charge in [0.2, 0.25) is 47.3 Å². The Morgan fingerprint density at radius 1 is 0.667 bits per heavy atom. The molecule has 1 aliphatic heterocycles. The fraction of sp³-hybridized carbons (Fsp3) is 0.680. The van der Waals surface area contributed by atoms with E-state index < -0.39 is 96.1 Å². The van der Waals surface area contributed by atoms with Crippen LogP contribution in [0.4, 0.5) is 0 Å². The van der Waals surface area contributed by atoms with E-state index in [1.54, 1.807) is 0 Å². The van der Waals surface area contributed by atoms with Crippen molar-refractivity contribution in [1.29, 1.82) is 0 Å². The van der Waals surface area contributed by atoms with Gasteiger partial charge in [-0.15, -0.1) is 0 Å². The summed E-state index contributed by atoms with van der Waals surface area (Å²) in [4.78, 5) is 99.1. The number of nitrogens with zero attached hydrogens (tertiary/aromatic N) is 1. The number of hydrogen-bond donors (Lipinski definition) is 8. The van der Waals surface area contributed by atoms with E-state index in [9.17, 15) is 38.4 Å². The highest BCUT2D eigenvalue weighted by Gasteiger charge is 2.37. The van der Waals surface area contributed by atoms with Crippen molar-refractivity contribution in [2.75, 3.05) is 13.1 Å². The number of rotatable bonds is 14. The fourth-order valence-electron chi connectivity index (χ4n) is 3.87. The smallest absolute Gasteiger partial charge is 0.245 e. The van der Waals surface area contributed by atoms with Crippen molar-refractivity contribution in [3.63, 3.8) is 0 Å². The molecule has 1 saturated heterocycles. The first-order chi connectivity index (χ1) is 19.5. The van der Waals surface area contributed by atoms with Crippen molar-refractivity contribution in [1.82, 2.24) is 36.8 Å². The largest absolute Gasteiger partial charge is 0.368 e. The first-order valence-corrected chi connectivity index (χ1v) is 13.6. The van der Waals surface area contributed by atoms with Crippen LogP contribution in [0.2, 0.25) is 0 Å². The van der Waals surface area contributed by atoms with E-state index in [2.05, 4.69) is 31.9 Å². The summed E-state index contributed by atoms with van der Waals surface area (Å²) in [7, 11) is 0. The van der Waals surface area contributed by atoms with Crippen LogP contribution in [0.15, 0.2) is 0 Å². The van der Waals surface area contributed by atoms with Crippen LogP contribution in [-0.2, 0) is 38.4 Å². The highest BCUT2D eigenvalue weighted by molar-refractivity contribution is 5.97. The third kappa shape index (κ3) is 10.9. The monoisotopic (exact) mass is 597 g/mol. The quantitative estimate of drug-likeness (QED) is 0.0957. The topological polar surface area (TPSA) is 264 Å². The van der Waals surface area contributed by atoms with Gasteiger partial charge in [0.15, 0.2) is 0 Å². The second-order valence-electron chi connectivity index (χ2n) is 10.3. The zero-order valence-corrected chi connectivity index (χ0v) is 24.7. The van der Waals surface area contributed by atoms with Crippen LogP contribution >= 0.6 is 0 Å². The van der Waals surface area contributed by atoms with Gasteiger partial charge in [0.25, 0.3) is 0 Å². The van der Waals surface area contributed by atoms with E-state index >= 15 is 0 Å². The SMILES string of the molecule is C[C@H](N)C(=O)N[C@@H](C)C(=O)N1CCC[C@H]1C(=O)N[C@@H](C)C(=O)N[C@@H](C)C(=O)N[C@@H](C)C(=O)N[C@@H](C)C(=O)NCC(N)=O. The minimum atomic E-state index is -1.10. The predicted octanol–water partition coefficient (Wildman–Crippen LogP) is -4.55. The maximum atomic E-state index is 12.9. The summed E-state index contributed by atoms with van der Waals surface area (Å²) < 4.78 is 0. The Kier molecular flexibility index (Phi) is 13.8. The van der Waals surface area contributed by atoms with Crippen molar-refractivity contribution in [3.05, 3.63) is 0 Å². The Hall–Kier alpha value is -4.28. The lowest BCUT2D eigenvalue weighted by Crippen LogP contribution is -2.58. The molecule has 1 fully saturated rings. The standard InChI is InChI=1S/C25H43N9O8/c1-11(26)19(36)33-16(6)25(42)34-9-7-8-17(34)24(41)32-15(5)23(40)31-14(4)22(39)30-13(3)21(38)29-12(2)20(37)28-10-18(27)35/h11-17H,7-10,26H2,1-6H3,(H2,27,35)(H,28,37)(H,29,38)(H,30,39)(H,31,40)(H,32,41)(H,33,36)/t11-,12-,13-,14-,15-,16-,17-/m0/s1. The molecule has 17 nitrogen and oxygen atoms in total. The third-order valence-corrected chi connectivity index (χ3v) is 6.43. The normalized spacial score (nSPS) is 18.6. The molecule has 0 bridgehead atoms. The van der Waals surface area contributed by atoms with E-state index in [1.165, 1.54) is 46.4 Å². The van der Waals surface area contributed by atoms with E-state index in [-0.39, 0.29) is 0 Å². The molecule has 0 aliphatic carbocycles. The summed E-state index contributed by atoms with van der Waals surface area (Å²) >= 11 is 0. The van der Waals surface area contributed by atoms with Crippen LogP contribution in [-0.4, -0.2) is 108 Å². The molecule has 0 aromatic carbocycles. The lowest BCUT2D eigenvalue weighted by Gasteiger charge is -2.28. The molecule has 236 valence electrons. The highest BCUT2D eigenvalue weighted by atomic mass is 16.2. The Balaban J connectivity index is 2.61. The van der Waals surface area contributed by atoms with Crippen LogP contribution in [0.3, 0.4) is 0 Å². The second-order valence-corrected chi connectivity index (χ2v) is 10.3. The summed E-state index contributed by atoms with van der Waals surface area (Å²) in [5.41, 5.74) is 10.5. The maximum absolute atomic E-state index is 12.9. The molecule has 10 N–H and O–H groups in total. The molecule has 0 aromatic heterocycles. The third-order valence-electron chi connectivity index (χ3n) is 6.43. The van der Waals surface area contributed by atoms with Gasteiger partial charge in [0.05, 0.1) is 12.6 Å². The lowest BCUT2D eigenvalue weighted by atomic mass is 10.1. The molecule has 1 rings (SSSR count). The van der Waals surface area contributed by atoms with Crippen molar-refractivity contribution in [2.24, 2.45) is 11.5 Å². The molecule has 0 unspecified atom stereocenters. The molecule has 1 aliphatic rings. The molecule has 0 saturated carbocycles. The van der Waals surface area contributed by atoms with Gasteiger partial charge in [-0.3, -0.25) is 38.4 Å². The van der Waals surface area contributed by atoms with Gasteiger partial charge in [-0.1, -0.05) is 0 Å². The van der Waals surface area contributed by atoms with Crippen molar-refractivity contribution < 1.29 is 38.4 Å². The summed E-state index contributed by atoms with van der Waals surface area (Å²) in [5.74, 6) is -5.00. The molecule has 0 aromatic rings. The number of amides is 8. The molecule has 7 atom stereocenters. The molecule has 1 heterocycles. The fourth-order valence-corrected chi connectivity index (χ4v) is 3.87. The van der Waals surface area contributed by atoms with Gasteiger partial charge in [0.1, 0.15) is 36.3 Å². The van der Waals surface area contributed by atoms with Crippen molar-refractivity contribution in [3.8, 4) is 0 Å². The average molecular weight is 598 g/mol. The van der Waals surface area contributed by atoms with Crippen LogP contribution < -0.4 is 43.4 Å². The average Bonchev–Trinajstić information content (AvgIpc) is 3.40. The molecule has 42 heavy (non-hydrogen) atoms. The van der Waals surface area contributed by atoms with E-state index in [0.717, 1.165) is 0 Å². The first kappa shape index (κ1) is 35.7. The molecule has 8 amide bonds. The number of carbonyl (C=O) groups excluding carboxylic acids is 8. The van der Waals surface area contributed by atoms with E-state index in [0.29, 0.717) is 19.4 Å². The number of primary amides is 1. The Labute approximate surface area is 244 Å². The van der Waals surface area contributed by atoms with Crippen molar-refractivity contribution >= 4 is 47.3 Å². The Bertz CT molecular complexity index is 1070. The number of nitrogens with two attached hydrogens (primary N) is 2. The first-order valence-electron chi connectivity index (χ1n) is 13.6. The van der Waals surface area contributed by atoms with Gasteiger partial charge in [0, 0.05) is 6.54 Å². The van der Waals surface area contributed by atoms with Crippen LogP contribution in [0.1, 0.15) is 54.4 Å². The van der Waals surface area contributed by atoms with Gasteiger partial charge in [-0.25, -0.2) is 0 Å². The second kappa shape index (κ2) is 16.2. The van der Waals surface area contributed by atoms with Crippen LogP contribution in [0, 0.1) is 0 Å². The van der Waals surface area contributed by atoms with Gasteiger partial charge in [-0.2, -0.15) is 0 Å². The molecule has 0 spiro atoms. The number of nitrogens with one attached hydrogen (secondary N) is 6. The maximum Gasteiger partial charge on any atom is 0.245 e. The van der Waals surface area contributed by atoms with Crippen LogP contribution in [0.5, 0.6) is 0 Å². The Morgan fingerprint density at radius 2 is 1.10 bits per heavy atom. The van der Waals surface area contributed by atoms with Gasteiger partial charge < -0.3 is 48.3 Å². The summed E-state index contributed by atoms with van der Waals surface area (Å²) in [6.45, 7) is 8.41. The van der Waals surface area contributed by atoms with Gasteiger partial charge >= 0.3 is 0 Å². The van der Waals surface area contributed by atoms with Crippen molar-refractivity contribution in [2.45, 2.75) is 96.7 Å². The molecular formula is C25H43N9O8. The van der Waals surface area contributed by atoms with Gasteiger partial charge in [-0.05, 0) is 54.4 Å². The summed E-state index contributed by atoms with van der Waals surface area (Å²) in [5, 5.41) is 14.5. The molecule has 17 heteroatoms. The minimum Gasteiger partial charge on any atom is -0.368 e. The molecule has 0 radical (unpaired) electrons. The number of hydrogen-bond acceptors (Lipinski definition) is 9. The highest BCUT2D eigenvalue weighted by Crippen LogP contribution is 2.19. The predicted molar refractivity (Wildman–Crippen MR) is 149 cm³/mol. The zero-order chi connectivity index (χ0) is 32.3. The summed E-state index contributed by atoms with van der Waals surface area (Å²) in [6.07, 6.45) is 0.919. The lowest BCUT2D eigenvalue weighted by molar-refractivity contribution is -0.141. The zero-order valence-electron chi connectivity index (χ0n) is 24.7. The Morgan fingerprint density at radius 3 is 1.55 bits per heavy atom. The van der Waals surface area contributed by atoms with E-state index in [4.69, 9.17) is 11.5 Å². The van der Waals surface area contributed by atoms with Crippen LogP contribution in [0.25, 0.3) is 0 Å². The summed E-state index contributed by atoms with van der Waals surface area (Å²) in [6, 6.07) is -6.80. The van der Waals surface area contributed by atoms with E-state index in [1.807, 2.05) is 0 Å². The number of likely N-dealkylation sites (tertiary alicyclic amines) is 1. The molecular weight excluding hydrogens is 554 g/mol. The minimum absolute atomic E-state index is 0.301. The number of carbonyl (C=O) groups is 8.